The average Bonchev–Trinajstić information content (AvgIpc) is 2.64. The van der Waals surface area contributed by atoms with Crippen molar-refractivity contribution in [1.29, 1.82) is 0 Å². The van der Waals surface area contributed by atoms with E-state index in [1.807, 2.05) is 42.5 Å². The SMILES string of the molecule is COc1ccc(NC(=O)Nc2ccccc2Oc2ccccc2)cc1Cl. The van der Waals surface area contributed by atoms with Crippen molar-refractivity contribution in [2.75, 3.05) is 17.7 Å². The molecule has 0 fully saturated rings. The summed E-state index contributed by atoms with van der Waals surface area (Å²) in [5.74, 6) is 1.77. The smallest absolute Gasteiger partial charge is 0.323 e. The van der Waals surface area contributed by atoms with Gasteiger partial charge >= 0.3 is 6.03 Å². The van der Waals surface area contributed by atoms with E-state index in [-0.39, 0.29) is 0 Å². The lowest BCUT2D eigenvalue weighted by Gasteiger charge is -2.13. The number of nitrogens with one attached hydrogen (secondary N) is 2. The minimum Gasteiger partial charge on any atom is -0.495 e. The Labute approximate surface area is 156 Å². The van der Waals surface area contributed by atoms with Gasteiger partial charge < -0.3 is 20.1 Å². The molecule has 3 aromatic carbocycles. The van der Waals surface area contributed by atoms with Crippen LogP contribution in [0.5, 0.6) is 17.2 Å². The average molecular weight is 369 g/mol. The molecule has 0 radical (unpaired) electrons. The summed E-state index contributed by atoms with van der Waals surface area (Å²) in [6, 6.07) is 21.2. The number of para-hydroxylation sites is 3. The van der Waals surface area contributed by atoms with E-state index in [0.29, 0.717) is 33.6 Å². The van der Waals surface area contributed by atoms with Gasteiger partial charge in [-0.2, -0.15) is 0 Å². The number of ether oxygens (including phenoxy) is 2. The number of benzene rings is 3. The molecule has 0 aromatic heterocycles. The number of amides is 2. The fourth-order valence-corrected chi connectivity index (χ4v) is 2.56. The van der Waals surface area contributed by atoms with E-state index in [1.54, 1.807) is 30.3 Å². The van der Waals surface area contributed by atoms with E-state index in [9.17, 15) is 4.79 Å². The molecule has 0 bridgehead atoms. The summed E-state index contributed by atoms with van der Waals surface area (Å²) in [4.78, 5) is 12.3. The van der Waals surface area contributed by atoms with Gasteiger partial charge in [-0.05, 0) is 42.5 Å². The molecular weight excluding hydrogens is 352 g/mol. The fraction of sp³-hybridized carbons (Fsp3) is 0.0500. The zero-order valence-electron chi connectivity index (χ0n) is 14.0. The Morgan fingerprint density at radius 1 is 0.885 bits per heavy atom. The van der Waals surface area contributed by atoms with Gasteiger partial charge in [0.1, 0.15) is 11.5 Å². The van der Waals surface area contributed by atoms with Crippen LogP contribution in [0.4, 0.5) is 16.2 Å². The quantitative estimate of drug-likeness (QED) is 0.599. The highest BCUT2D eigenvalue weighted by atomic mass is 35.5. The molecule has 5 nitrogen and oxygen atoms in total. The molecule has 0 aliphatic heterocycles. The van der Waals surface area contributed by atoms with Crippen LogP contribution in [-0.2, 0) is 0 Å². The maximum absolute atomic E-state index is 12.3. The predicted octanol–water partition coefficient (Wildman–Crippen LogP) is 5.78. The highest BCUT2D eigenvalue weighted by Gasteiger charge is 2.10. The van der Waals surface area contributed by atoms with Gasteiger partial charge in [-0.1, -0.05) is 41.9 Å². The first kappa shape index (κ1) is 17.6. The molecule has 0 unspecified atom stereocenters. The van der Waals surface area contributed by atoms with Crippen LogP contribution in [0.1, 0.15) is 0 Å². The van der Waals surface area contributed by atoms with Crippen molar-refractivity contribution in [3.05, 3.63) is 77.8 Å². The number of carbonyl (C=O) groups is 1. The van der Waals surface area contributed by atoms with Crippen LogP contribution >= 0.6 is 11.6 Å². The number of carbonyl (C=O) groups excluding carboxylic acids is 1. The summed E-state index contributed by atoms with van der Waals surface area (Å²) < 4.78 is 10.9. The largest absolute Gasteiger partial charge is 0.495 e. The van der Waals surface area contributed by atoms with Gasteiger partial charge in [0, 0.05) is 5.69 Å². The zero-order valence-corrected chi connectivity index (χ0v) is 14.8. The lowest BCUT2D eigenvalue weighted by molar-refractivity contribution is 0.262. The van der Waals surface area contributed by atoms with Gasteiger partial charge in [0.25, 0.3) is 0 Å². The van der Waals surface area contributed by atoms with Gasteiger partial charge in [0.15, 0.2) is 5.75 Å². The van der Waals surface area contributed by atoms with E-state index in [0.717, 1.165) is 0 Å². The normalized spacial score (nSPS) is 10.1. The summed E-state index contributed by atoms with van der Waals surface area (Å²) in [5, 5.41) is 5.92. The molecule has 0 saturated carbocycles. The molecule has 0 saturated heterocycles. The Morgan fingerprint density at radius 2 is 1.62 bits per heavy atom. The number of hydrogen-bond donors (Lipinski definition) is 2. The number of hydrogen-bond acceptors (Lipinski definition) is 3. The highest BCUT2D eigenvalue weighted by molar-refractivity contribution is 6.32. The van der Waals surface area contributed by atoms with Crippen LogP contribution in [-0.4, -0.2) is 13.1 Å². The molecule has 0 atom stereocenters. The molecule has 0 heterocycles. The minimum atomic E-state index is -0.407. The first-order valence-electron chi connectivity index (χ1n) is 7.89. The van der Waals surface area contributed by atoms with E-state index >= 15 is 0 Å². The summed E-state index contributed by atoms with van der Waals surface area (Å²) in [6.07, 6.45) is 0. The number of urea groups is 1. The van der Waals surface area contributed by atoms with Crippen molar-refractivity contribution in [3.8, 4) is 17.2 Å². The molecule has 2 N–H and O–H groups in total. The Kier molecular flexibility index (Phi) is 5.61. The highest BCUT2D eigenvalue weighted by Crippen LogP contribution is 2.30. The van der Waals surface area contributed by atoms with E-state index in [2.05, 4.69) is 10.6 Å². The van der Waals surface area contributed by atoms with Crippen LogP contribution in [0.2, 0.25) is 5.02 Å². The Balaban J connectivity index is 1.70. The topological polar surface area (TPSA) is 59.6 Å². The monoisotopic (exact) mass is 368 g/mol. The zero-order chi connectivity index (χ0) is 18.4. The predicted molar refractivity (Wildman–Crippen MR) is 104 cm³/mol. The van der Waals surface area contributed by atoms with Crippen molar-refractivity contribution >= 4 is 29.0 Å². The summed E-state index contributed by atoms with van der Waals surface area (Å²) >= 11 is 6.07. The van der Waals surface area contributed by atoms with Crippen LogP contribution in [0.25, 0.3) is 0 Å². The van der Waals surface area contributed by atoms with Gasteiger partial charge in [0.2, 0.25) is 0 Å². The van der Waals surface area contributed by atoms with Gasteiger partial charge in [-0.25, -0.2) is 4.79 Å². The third-order valence-electron chi connectivity index (χ3n) is 3.52. The standard InChI is InChI=1S/C20H17ClN2O3/c1-25-18-12-11-14(13-16(18)21)22-20(24)23-17-9-5-6-10-19(17)26-15-7-3-2-4-8-15/h2-13H,1H3,(H2,22,23,24). The molecule has 0 aliphatic rings. The second kappa shape index (κ2) is 8.27. The van der Waals surface area contributed by atoms with Gasteiger partial charge in [0.05, 0.1) is 17.8 Å². The lowest BCUT2D eigenvalue weighted by Crippen LogP contribution is -2.19. The molecule has 132 valence electrons. The van der Waals surface area contributed by atoms with Crippen LogP contribution < -0.4 is 20.1 Å². The van der Waals surface area contributed by atoms with Crippen LogP contribution in [0.15, 0.2) is 72.8 Å². The molecule has 0 spiro atoms. The Morgan fingerprint density at radius 3 is 2.35 bits per heavy atom. The summed E-state index contributed by atoms with van der Waals surface area (Å²) in [6.45, 7) is 0. The van der Waals surface area contributed by atoms with Crippen molar-refractivity contribution in [2.45, 2.75) is 0 Å². The molecule has 2 amide bonds. The number of anilines is 2. The van der Waals surface area contributed by atoms with Gasteiger partial charge in [-0.15, -0.1) is 0 Å². The van der Waals surface area contributed by atoms with Crippen molar-refractivity contribution < 1.29 is 14.3 Å². The third kappa shape index (κ3) is 4.46. The maximum atomic E-state index is 12.3. The van der Waals surface area contributed by atoms with Gasteiger partial charge in [-0.3, -0.25) is 0 Å². The number of methoxy groups -OCH3 is 1. The minimum absolute atomic E-state index is 0.407. The second-order valence-corrected chi connectivity index (χ2v) is 5.75. The van der Waals surface area contributed by atoms with Crippen LogP contribution in [0.3, 0.4) is 0 Å². The molecule has 26 heavy (non-hydrogen) atoms. The van der Waals surface area contributed by atoms with Crippen molar-refractivity contribution in [2.24, 2.45) is 0 Å². The fourth-order valence-electron chi connectivity index (χ4n) is 2.30. The molecule has 3 rings (SSSR count). The summed E-state index contributed by atoms with van der Waals surface area (Å²) in [7, 11) is 1.53. The second-order valence-electron chi connectivity index (χ2n) is 5.34. The molecule has 3 aromatic rings. The molecule has 6 heteroatoms. The molecular formula is C20H17ClN2O3. The maximum Gasteiger partial charge on any atom is 0.323 e. The number of rotatable bonds is 5. The number of halogens is 1. The van der Waals surface area contributed by atoms with Crippen LogP contribution in [0, 0.1) is 0 Å². The Hall–Kier alpha value is -3.18. The Bertz CT molecular complexity index is 901. The van der Waals surface area contributed by atoms with Crippen molar-refractivity contribution in [3.63, 3.8) is 0 Å². The lowest BCUT2D eigenvalue weighted by atomic mass is 10.3. The van der Waals surface area contributed by atoms with E-state index in [1.165, 1.54) is 7.11 Å². The summed E-state index contributed by atoms with van der Waals surface area (Å²) in [5.41, 5.74) is 1.10. The van der Waals surface area contributed by atoms with E-state index < -0.39 is 6.03 Å². The first-order chi connectivity index (χ1) is 12.7. The first-order valence-corrected chi connectivity index (χ1v) is 8.27. The third-order valence-corrected chi connectivity index (χ3v) is 3.81. The van der Waals surface area contributed by atoms with Crippen molar-refractivity contribution in [1.82, 2.24) is 0 Å². The van der Waals surface area contributed by atoms with E-state index in [4.69, 9.17) is 21.1 Å². The molecule has 0 aliphatic carbocycles.